The van der Waals surface area contributed by atoms with Crippen molar-refractivity contribution in [3.63, 3.8) is 0 Å². The lowest BCUT2D eigenvalue weighted by molar-refractivity contribution is 0.138. The number of pyridine rings is 1. The maximum atomic E-state index is 12.1. The van der Waals surface area contributed by atoms with E-state index in [0.29, 0.717) is 12.2 Å². The first-order chi connectivity index (χ1) is 8.74. The maximum absolute atomic E-state index is 12.1. The fourth-order valence-electron chi connectivity index (χ4n) is 2.52. The van der Waals surface area contributed by atoms with Crippen molar-refractivity contribution in [1.29, 1.82) is 0 Å². The summed E-state index contributed by atoms with van der Waals surface area (Å²) in [4.78, 5) is 14.8. The SMILES string of the molecule is COCn1c2ccccc2c2c(C)c[nH]c(=O)c21. The highest BCUT2D eigenvalue weighted by Crippen LogP contribution is 2.28. The molecule has 1 aromatic carbocycles. The molecule has 0 aliphatic heterocycles. The Morgan fingerprint density at radius 3 is 2.89 bits per heavy atom. The van der Waals surface area contributed by atoms with Crippen LogP contribution < -0.4 is 5.56 Å². The fourth-order valence-corrected chi connectivity index (χ4v) is 2.52. The number of aromatic amines is 1. The highest BCUT2D eigenvalue weighted by atomic mass is 16.5. The summed E-state index contributed by atoms with van der Waals surface area (Å²) in [5.74, 6) is 0. The van der Waals surface area contributed by atoms with E-state index < -0.39 is 0 Å². The molecular weight excluding hydrogens is 228 g/mol. The summed E-state index contributed by atoms with van der Waals surface area (Å²) in [5.41, 5.74) is 2.69. The van der Waals surface area contributed by atoms with Crippen LogP contribution in [0.1, 0.15) is 5.56 Å². The first kappa shape index (κ1) is 11.0. The van der Waals surface area contributed by atoms with E-state index in [-0.39, 0.29) is 5.56 Å². The van der Waals surface area contributed by atoms with Crippen LogP contribution in [0.25, 0.3) is 21.8 Å². The summed E-state index contributed by atoms with van der Waals surface area (Å²) in [7, 11) is 1.63. The van der Waals surface area contributed by atoms with Gasteiger partial charge in [0.05, 0.1) is 5.52 Å². The second-order valence-corrected chi connectivity index (χ2v) is 4.39. The van der Waals surface area contributed by atoms with Crippen LogP contribution in [-0.4, -0.2) is 16.7 Å². The molecule has 3 aromatic rings. The second kappa shape index (κ2) is 3.99. The largest absolute Gasteiger partial charge is 0.364 e. The zero-order valence-corrected chi connectivity index (χ0v) is 10.4. The number of hydrogen-bond donors (Lipinski definition) is 1. The lowest BCUT2D eigenvalue weighted by Gasteiger charge is -2.04. The Labute approximate surface area is 104 Å². The molecule has 1 N–H and O–H groups in total. The van der Waals surface area contributed by atoms with Crippen LogP contribution >= 0.6 is 0 Å². The molecule has 92 valence electrons. The number of hydrogen-bond acceptors (Lipinski definition) is 2. The van der Waals surface area contributed by atoms with Gasteiger partial charge in [0, 0.05) is 24.1 Å². The van der Waals surface area contributed by atoms with Crippen LogP contribution in [0.3, 0.4) is 0 Å². The molecule has 0 aliphatic carbocycles. The van der Waals surface area contributed by atoms with Gasteiger partial charge in [-0.05, 0) is 18.6 Å². The van der Waals surface area contributed by atoms with Gasteiger partial charge in [-0.25, -0.2) is 0 Å². The van der Waals surface area contributed by atoms with Gasteiger partial charge in [0.2, 0.25) is 0 Å². The predicted octanol–water partition coefficient (Wildman–Crippen LogP) is 2.40. The van der Waals surface area contributed by atoms with E-state index in [1.165, 1.54) is 0 Å². The van der Waals surface area contributed by atoms with E-state index in [1.807, 2.05) is 35.8 Å². The molecule has 4 heteroatoms. The second-order valence-electron chi connectivity index (χ2n) is 4.39. The molecule has 0 spiro atoms. The third-order valence-corrected chi connectivity index (χ3v) is 3.26. The van der Waals surface area contributed by atoms with Crippen molar-refractivity contribution in [3.8, 4) is 0 Å². The smallest absolute Gasteiger partial charge is 0.272 e. The Balaban J connectivity index is 2.62. The van der Waals surface area contributed by atoms with Crippen molar-refractivity contribution in [2.45, 2.75) is 13.7 Å². The lowest BCUT2D eigenvalue weighted by Crippen LogP contribution is -2.11. The van der Waals surface area contributed by atoms with Crippen molar-refractivity contribution in [2.24, 2.45) is 0 Å². The van der Waals surface area contributed by atoms with Crippen molar-refractivity contribution >= 4 is 21.8 Å². The standard InChI is InChI=1S/C14H14N2O2/c1-9-7-15-14(17)13-12(9)10-5-3-4-6-11(10)16(13)8-18-2/h3-7H,8H2,1-2H3,(H,15,17). The highest BCUT2D eigenvalue weighted by molar-refractivity contribution is 6.09. The summed E-state index contributed by atoms with van der Waals surface area (Å²) >= 11 is 0. The molecule has 0 radical (unpaired) electrons. The van der Waals surface area contributed by atoms with Crippen molar-refractivity contribution in [1.82, 2.24) is 9.55 Å². The molecule has 2 aromatic heterocycles. The minimum absolute atomic E-state index is 0.0798. The van der Waals surface area contributed by atoms with Crippen molar-refractivity contribution in [3.05, 3.63) is 46.4 Å². The molecule has 0 bridgehead atoms. The minimum atomic E-state index is -0.0798. The Morgan fingerprint density at radius 1 is 1.33 bits per heavy atom. The Bertz CT molecular complexity index is 783. The molecule has 0 aliphatic rings. The van der Waals surface area contributed by atoms with Gasteiger partial charge >= 0.3 is 0 Å². The quantitative estimate of drug-likeness (QED) is 0.750. The number of H-pyrrole nitrogens is 1. The van der Waals surface area contributed by atoms with E-state index in [0.717, 1.165) is 21.9 Å². The van der Waals surface area contributed by atoms with Crippen LogP contribution in [0, 0.1) is 6.92 Å². The Hall–Kier alpha value is -2.07. The third-order valence-electron chi connectivity index (χ3n) is 3.26. The van der Waals surface area contributed by atoms with Gasteiger partial charge in [0.25, 0.3) is 5.56 Å². The molecular formula is C14H14N2O2. The van der Waals surface area contributed by atoms with E-state index >= 15 is 0 Å². The first-order valence-corrected chi connectivity index (χ1v) is 5.82. The van der Waals surface area contributed by atoms with E-state index in [2.05, 4.69) is 4.98 Å². The van der Waals surface area contributed by atoms with E-state index in [4.69, 9.17) is 4.74 Å². The van der Waals surface area contributed by atoms with Crippen LogP contribution in [0.2, 0.25) is 0 Å². The van der Waals surface area contributed by atoms with Gasteiger partial charge in [-0.1, -0.05) is 18.2 Å². The number of methoxy groups -OCH3 is 1. The van der Waals surface area contributed by atoms with Crippen LogP contribution in [-0.2, 0) is 11.5 Å². The number of aromatic nitrogens is 2. The molecule has 3 rings (SSSR count). The number of rotatable bonds is 2. The van der Waals surface area contributed by atoms with Gasteiger partial charge in [0.1, 0.15) is 12.2 Å². The van der Waals surface area contributed by atoms with Gasteiger partial charge in [0.15, 0.2) is 0 Å². The van der Waals surface area contributed by atoms with Crippen molar-refractivity contribution < 1.29 is 4.74 Å². The number of nitrogens with zero attached hydrogens (tertiary/aromatic N) is 1. The highest BCUT2D eigenvalue weighted by Gasteiger charge is 2.14. The number of aryl methyl sites for hydroxylation is 1. The summed E-state index contributed by atoms with van der Waals surface area (Å²) < 4.78 is 7.12. The summed E-state index contributed by atoms with van der Waals surface area (Å²) in [5, 5.41) is 2.10. The van der Waals surface area contributed by atoms with Gasteiger partial charge in [-0.2, -0.15) is 0 Å². The summed E-state index contributed by atoms with van der Waals surface area (Å²) in [6.45, 7) is 2.37. The predicted molar refractivity (Wildman–Crippen MR) is 71.8 cm³/mol. The summed E-state index contributed by atoms with van der Waals surface area (Å²) in [6.07, 6.45) is 1.76. The molecule has 2 heterocycles. The number of fused-ring (bicyclic) bond motifs is 3. The zero-order chi connectivity index (χ0) is 12.7. The average molecular weight is 242 g/mol. The topological polar surface area (TPSA) is 47.0 Å². The molecule has 0 saturated carbocycles. The fraction of sp³-hybridized carbons (Fsp3) is 0.214. The lowest BCUT2D eigenvalue weighted by atomic mass is 10.1. The normalized spacial score (nSPS) is 11.4. The van der Waals surface area contributed by atoms with E-state index in [9.17, 15) is 4.79 Å². The zero-order valence-electron chi connectivity index (χ0n) is 10.4. The summed E-state index contributed by atoms with van der Waals surface area (Å²) in [6, 6.07) is 8.00. The van der Waals surface area contributed by atoms with Crippen LogP contribution in [0.5, 0.6) is 0 Å². The van der Waals surface area contributed by atoms with Crippen LogP contribution in [0.4, 0.5) is 0 Å². The number of benzene rings is 1. The van der Waals surface area contributed by atoms with Gasteiger partial charge in [-0.15, -0.1) is 0 Å². The van der Waals surface area contributed by atoms with E-state index in [1.54, 1.807) is 13.3 Å². The minimum Gasteiger partial charge on any atom is -0.364 e. The average Bonchev–Trinajstić information content (AvgIpc) is 2.71. The molecule has 18 heavy (non-hydrogen) atoms. The number of ether oxygens (including phenoxy) is 1. The Kier molecular flexibility index (Phi) is 2.45. The molecule has 0 amide bonds. The Morgan fingerprint density at radius 2 is 2.11 bits per heavy atom. The molecule has 0 unspecified atom stereocenters. The molecule has 0 saturated heterocycles. The van der Waals surface area contributed by atoms with Crippen LogP contribution in [0.15, 0.2) is 35.3 Å². The molecule has 0 fully saturated rings. The van der Waals surface area contributed by atoms with Gasteiger partial charge in [-0.3, -0.25) is 4.79 Å². The first-order valence-electron chi connectivity index (χ1n) is 5.82. The maximum Gasteiger partial charge on any atom is 0.272 e. The molecule has 4 nitrogen and oxygen atoms in total. The van der Waals surface area contributed by atoms with Crippen molar-refractivity contribution in [2.75, 3.05) is 7.11 Å². The number of para-hydroxylation sites is 1. The molecule has 0 atom stereocenters. The van der Waals surface area contributed by atoms with Gasteiger partial charge < -0.3 is 14.3 Å². The monoisotopic (exact) mass is 242 g/mol. The number of nitrogens with one attached hydrogen (secondary N) is 1. The third kappa shape index (κ3) is 1.39.